The molecule has 4 rings (SSSR count). The third-order valence-electron chi connectivity index (χ3n) is 5.92. The summed E-state index contributed by atoms with van der Waals surface area (Å²) < 4.78 is 71.0. The van der Waals surface area contributed by atoms with Crippen molar-refractivity contribution in [2.45, 2.75) is 26.4 Å². The Labute approximate surface area is 246 Å². The first kappa shape index (κ1) is 31.0. The van der Waals surface area contributed by atoms with Gasteiger partial charge in [0, 0.05) is 48.6 Å². The molecule has 1 N–H and O–H groups in total. The number of carbonyl (C=O) groups is 1. The number of fused-ring (bicyclic) bond motifs is 1. The van der Waals surface area contributed by atoms with E-state index >= 15 is 8.78 Å². The number of amides is 1. The van der Waals surface area contributed by atoms with Crippen molar-refractivity contribution in [1.29, 1.82) is 0 Å². The number of carbonyl (C=O) groups excluding carboxylic acids is 1. The number of hydrogen-bond donors (Lipinski definition) is 1. The highest BCUT2D eigenvalue weighted by atomic mass is 19.1. The number of pyridine rings is 2. The normalized spacial score (nSPS) is 11.2. The quantitative estimate of drug-likeness (QED) is 0.196. The van der Waals surface area contributed by atoms with Gasteiger partial charge in [-0.3, -0.25) is 4.98 Å². The molecule has 0 aliphatic rings. The molecule has 228 valence electrons. The molecule has 0 unspecified atom stereocenters. The van der Waals surface area contributed by atoms with Crippen molar-refractivity contribution >= 4 is 28.4 Å². The Morgan fingerprint density at radius 2 is 1.63 bits per heavy atom. The number of aromatic nitrogens is 2. The molecule has 0 aliphatic heterocycles. The van der Waals surface area contributed by atoms with Gasteiger partial charge in [0.15, 0.2) is 28.9 Å². The number of hydrogen-bond acceptors (Lipinski definition) is 9. The summed E-state index contributed by atoms with van der Waals surface area (Å²) in [6.45, 7) is 5.70. The molecule has 10 nitrogen and oxygen atoms in total. The molecule has 2 aromatic heterocycles. The van der Waals surface area contributed by atoms with E-state index in [4.69, 9.17) is 23.7 Å². The minimum atomic E-state index is -0.998. The second-order valence-electron chi connectivity index (χ2n) is 10.3. The van der Waals surface area contributed by atoms with Gasteiger partial charge >= 0.3 is 6.09 Å². The molecule has 0 bridgehead atoms. The van der Waals surface area contributed by atoms with Gasteiger partial charge in [-0.2, -0.15) is 4.39 Å². The molecule has 4 aromatic rings. The molecule has 0 spiro atoms. The fourth-order valence-corrected chi connectivity index (χ4v) is 3.88. The maximum Gasteiger partial charge on any atom is 0.410 e. The SMILES string of the molecule is COc1cc(F)ncc1Nc1cc(F)c(Oc2ccnc3cc(OCCN(C)C(=O)OC(C)(C)C)c(OC)cc23)c(F)c1. The van der Waals surface area contributed by atoms with Crippen LogP contribution in [0.4, 0.5) is 29.3 Å². The van der Waals surface area contributed by atoms with Crippen molar-refractivity contribution in [3.8, 4) is 28.7 Å². The van der Waals surface area contributed by atoms with Gasteiger partial charge in [-0.05, 0) is 32.9 Å². The van der Waals surface area contributed by atoms with Gasteiger partial charge in [-0.15, -0.1) is 0 Å². The third-order valence-corrected chi connectivity index (χ3v) is 5.92. The van der Waals surface area contributed by atoms with Gasteiger partial charge in [0.2, 0.25) is 5.95 Å². The molecule has 0 atom stereocenters. The van der Waals surface area contributed by atoms with E-state index in [2.05, 4.69) is 15.3 Å². The highest BCUT2D eigenvalue weighted by molar-refractivity contribution is 5.88. The highest BCUT2D eigenvalue weighted by Crippen LogP contribution is 2.39. The molecule has 0 saturated carbocycles. The lowest BCUT2D eigenvalue weighted by Crippen LogP contribution is -2.36. The summed E-state index contributed by atoms with van der Waals surface area (Å²) in [5, 5.41) is 3.16. The number of likely N-dealkylation sites (N-methyl/N-ethyl adjacent to an activating group) is 1. The lowest BCUT2D eigenvalue weighted by molar-refractivity contribution is 0.0278. The van der Waals surface area contributed by atoms with Crippen LogP contribution in [0.25, 0.3) is 10.9 Å². The molecule has 0 fully saturated rings. The van der Waals surface area contributed by atoms with Crippen LogP contribution in [0.15, 0.2) is 48.8 Å². The van der Waals surface area contributed by atoms with E-state index in [1.807, 2.05) is 0 Å². The van der Waals surface area contributed by atoms with Gasteiger partial charge in [0.05, 0.1) is 38.2 Å². The molecule has 0 aliphatic carbocycles. The summed E-state index contributed by atoms with van der Waals surface area (Å²) >= 11 is 0. The summed E-state index contributed by atoms with van der Waals surface area (Å²) in [4.78, 5) is 21.4. The largest absolute Gasteiger partial charge is 0.494 e. The average Bonchev–Trinajstić information content (AvgIpc) is 2.94. The third kappa shape index (κ3) is 7.67. The molecule has 2 heterocycles. The molecule has 43 heavy (non-hydrogen) atoms. The highest BCUT2D eigenvalue weighted by Gasteiger charge is 2.21. The predicted molar refractivity (Wildman–Crippen MR) is 153 cm³/mol. The summed E-state index contributed by atoms with van der Waals surface area (Å²) in [5.41, 5.74) is 0.0103. The maximum atomic E-state index is 15.1. The van der Waals surface area contributed by atoms with Gasteiger partial charge < -0.3 is 33.9 Å². The second kappa shape index (κ2) is 12.9. The number of rotatable bonds is 10. The van der Waals surface area contributed by atoms with Crippen LogP contribution in [-0.4, -0.2) is 61.0 Å². The Morgan fingerprint density at radius 3 is 2.28 bits per heavy atom. The van der Waals surface area contributed by atoms with Crippen molar-refractivity contribution in [3.63, 3.8) is 0 Å². The van der Waals surface area contributed by atoms with E-state index in [1.165, 1.54) is 31.4 Å². The average molecular weight is 601 g/mol. The minimum absolute atomic E-state index is 0.0226. The van der Waals surface area contributed by atoms with Crippen molar-refractivity contribution in [3.05, 3.63) is 66.4 Å². The molecule has 0 saturated heterocycles. The maximum absolute atomic E-state index is 15.1. The van der Waals surface area contributed by atoms with E-state index in [0.29, 0.717) is 22.4 Å². The van der Waals surface area contributed by atoms with Crippen LogP contribution < -0.4 is 24.3 Å². The zero-order valence-electron chi connectivity index (χ0n) is 24.5. The molecule has 13 heteroatoms. The molecular formula is C30H31F3N4O6. The zero-order valence-corrected chi connectivity index (χ0v) is 24.5. The summed E-state index contributed by atoms with van der Waals surface area (Å²) in [7, 11) is 4.36. The Balaban J connectivity index is 1.53. The zero-order chi connectivity index (χ0) is 31.3. The minimum Gasteiger partial charge on any atom is -0.494 e. The number of benzene rings is 2. The number of anilines is 2. The van der Waals surface area contributed by atoms with Crippen LogP contribution in [0.1, 0.15) is 20.8 Å². The fourth-order valence-electron chi connectivity index (χ4n) is 3.88. The van der Waals surface area contributed by atoms with Gasteiger partial charge in [-0.25, -0.2) is 18.6 Å². The summed E-state index contributed by atoms with van der Waals surface area (Å²) in [5.74, 6) is -2.54. The Morgan fingerprint density at radius 1 is 0.930 bits per heavy atom. The van der Waals surface area contributed by atoms with Gasteiger partial charge in [0.25, 0.3) is 0 Å². The monoisotopic (exact) mass is 600 g/mol. The smallest absolute Gasteiger partial charge is 0.410 e. The lowest BCUT2D eigenvalue weighted by Gasteiger charge is -2.24. The number of nitrogens with zero attached hydrogens (tertiary/aromatic N) is 3. The number of methoxy groups -OCH3 is 2. The van der Waals surface area contributed by atoms with E-state index in [0.717, 1.165) is 24.4 Å². The van der Waals surface area contributed by atoms with Gasteiger partial charge in [0.1, 0.15) is 23.7 Å². The van der Waals surface area contributed by atoms with Crippen LogP contribution in [0.2, 0.25) is 0 Å². The second-order valence-corrected chi connectivity index (χ2v) is 10.3. The lowest BCUT2D eigenvalue weighted by atomic mass is 10.1. The van der Waals surface area contributed by atoms with Crippen molar-refractivity contribution in [2.75, 3.05) is 39.7 Å². The first-order valence-electron chi connectivity index (χ1n) is 13.1. The van der Waals surface area contributed by atoms with Crippen LogP contribution in [-0.2, 0) is 4.74 Å². The van der Waals surface area contributed by atoms with Crippen molar-refractivity contribution in [2.24, 2.45) is 0 Å². The Hall–Kier alpha value is -4.94. The summed E-state index contributed by atoms with van der Waals surface area (Å²) in [6.07, 6.45) is 2.08. The van der Waals surface area contributed by atoms with Crippen LogP contribution >= 0.6 is 0 Å². The number of ether oxygens (including phenoxy) is 5. The number of nitrogens with one attached hydrogen (secondary N) is 1. The molecule has 0 radical (unpaired) electrons. The topological polar surface area (TPSA) is 104 Å². The fraction of sp³-hybridized carbons (Fsp3) is 0.300. The Kier molecular flexibility index (Phi) is 9.32. The van der Waals surface area contributed by atoms with E-state index in [1.54, 1.807) is 40.0 Å². The standard InChI is InChI=1S/C30H31F3N4O6/c1-30(2,3)43-29(38)37(4)9-10-41-26-14-21-18(13-25(26)40-6)23(7-8-34-21)42-28-19(31)11-17(12-20(28)32)36-22-16-35-27(33)15-24(22)39-5/h7-8,11-16,36H,9-10H2,1-6H3. The van der Waals surface area contributed by atoms with Crippen molar-refractivity contribution < 1.29 is 41.7 Å². The van der Waals surface area contributed by atoms with E-state index in [9.17, 15) is 9.18 Å². The van der Waals surface area contributed by atoms with Crippen molar-refractivity contribution in [1.82, 2.24) is 14.9 Å². The van der Waals surface area contributed by atoms with E-state index in [-0.39, 0.29) is 36.0 Å². The molecule has 2 aromatic carbocycles. The van der Waals surface area contributed by atoms with Crippen LogP contribution in [0, 0.1) is 17.6 Å². The first-order chi connectivity index (χ1) is 20.4. The van der Waals surface area contributed by atoms with Crippen LogP contribution in [0.3, 0.4) is 0 Å². The van der Waals surface area contributed by atoms with E-state index < -0.39 is 35.0 Å². The number of halogens is 3. The first-order valence-corrected chi connectivity index (χ1v) is 13.1. The molecule has 1 amide bonds. The van der Waals surface area contributed by atoms with Crippen LogP contribution in [0.5, 0.6) is 28.7 Å². The molecular weight excluding hydrogens is 569 g/mol. The summed E-state index contributed by atoms with van der Waals surface area (Å²) in [6, 6.07) is 7.70. The Bertz CT molecular complexity index is 1610. The van der Waals surface area contributed by atoms with Gasteiger partial charge in [-0.1, -0.05) is 0 Å². The predicted octanol–water partition coefficient (Wildman–Crippen LogP) is 6.85.